The Kier molecular flexibility index (Phi) is 3.34. The number of pyridine rings is 1. The van der Waals surface area contributed by atoms with E-state index in [1.807, 2.05) is 6.07 Å². The van der Waals surface area contributed by atoms with Crippen molar-refractivity contribution in [2.24, 2.45) is 0 Å². The summed E-state index contributed by atoms with van der Waals surface area (Å²) in [5, 5.41) is 0. The molecule has 1 aromatic carbocycles. The van der Waals surface area contributed by atoms with E-state index in [4.69, 9.17) is 4.74 Å². The maximum atomic E-state index is 12.2. The van der Waals surface area contributed by atoms with Gasteiger partial charge in [-0.1, -0.05) is 15.9 Å². The van der Waals surface area contributed by atoms with Crippen molar-refractivity contribution in [3.8, 4) is 5.75 Å². The molecule has 0 spiro atoms. The summed E-state index contributed by atoms with van der Waals surface area (Å²) in [5.41, 5.74) is 2.80. The van der Waals surface area contributed by atoms with Crippen molar-refractivity contribution in [3.63, 3.8) is 0 Å². The molecule has 96 valence electrons. The first kappa shape index (κ1) is 12.4. The van der Waals surface area contributed by atoms with Crippen LogP contribution in [0.15, 0.2) is 41.1 Å². The molecular weight excluding hydrogens is 306 g/mol. The molecule has 1 aliphatic heterocycles. The molecule has 0 radical (unpaired) electrons. The van der Waals surface area contributed by atoms with Crippen LogP contribution >= 0.6 is 15.9 Å². The second kappa shape index (κ2) is 5.13. The molecule has 3 rings (SSSR count). The number of rotatable bonds is 3. The van der Waals surface area contributed by atoms with Gasteiger partial charge in [0.2, 0.25) is 0 Å². The van der Waals surface area contributed by atoms with Crippen molar-refractivity contribution >= 4 is 21.7 Å². The minimum Gasteiger partial charge on any atom is -0.493 e. The predicted molar refractivity (Wildman–Crippen MR) is 75.6 cm³/mol. The summed E-state index contributed by atoms with van der Waals surface area (Å²) in [6.07, 6.45) is 4.53. The van der Waals surface area contributed by atoms with Crippen molar-refractivity contribution in [1.29, 1.82) is 0 Å². The number of ketones is 1. The molecule has 19 heavy (non-hydrogen) atoms. The second-order valence-corrected chi connectivity index (χ2v) is 5.40. The summed E-state index contributed by atoms with van der Waals surface area (Å²) >= 11 is 3.49. The molecule has 1 aliphatic rings. The topological polar surface area (TPSA) is 39.2 Å². The van der Waals surface area contributed by atoms with Gasteiger partial charge in [-0.15, -0.1) is 0 Å². The molecular formula is C15H12BrNO2. The molecule has 2 heterocycles. The Morgan fingerprint density at radius 1 is 1.32 bits per heavy atom. The SMILES string of the molecule is O=C(Cc1cc(Br)cc2c1OCC2)c1ccncc1. The Hall–Kier alpha value is -1.68. The summed E-state index contributed by atoms with van der Waals surface area (Å²) in [6.45, 7) is 0.697. The number of hydrogen-bond donors (Lipinski definition) is 0. The fourth-order valence-corrected chi connectivity index (χ4v) is 2.84. The molecule has 2 aromatic rings. The number of halogens is 1. The lowest BCUT2D eigenvalue weighted by atomic mass is 10.0. The molecule has 0 aliphatic carbocycles. The van der Waals surface area contributed by atoms with Gasteiger partial charge in [-0.25, -0.2) is 0 Å². The first-order valence-corrected chi connectivity index (χ1v) is 6.90. The predicted octanol–water partition coefficient (Wildman–Crippen LogP) is 3.20. The summed E-state index contributed by atoms with van der Waals surface area (Å²) in [6, 6.07) is 7.49. The van der Waals surface area contributed by atoms with Crippen LogP contribution in [-0.4, -0.2) is 17.4 Å². The van der Waals surface area contributed by atoms with E-state index in [1.165, 1.54) is 5.56 Å². The van der Waals surface area contributed by atoms with Gasteiger partial charge in [-0.3, -0.25) is 9.78 Å². The molecule has 0 saturated carbocycles. The lowest BCUT2D eigenvalue weighted by molar-refractivity contribution is 0.0992. The molecule has 0 saturated heterocycles. The second-order valence-electron chi connectivity index (χ2n) is 4.49. The van der Waals surface area contributed by atoms with E-state index >= 15 is 0 Å². The first-order chi connectivity index (χ1) is 9.24. The van der Waals surface area contributed by atoms with E-state index in [0.29, 0.717) is 18.6 Å². The normalized spacial score (nSPS) is 12.9. The Morgan fingerprint density at radius 2 is 2.11 bits per heavy atom. The largest absolute Gasteiger partial charge is 0.493 e. The third kappa shape index (κ3) is 2.54. The fraction of sp³-hybridized carbons (Fsp3) is 0.200. The highest BCUT2D eigenvalue weighted by Crippen LogP contribution is 2.33. The van der Waals surface area contributed by atoms with Crippen molar-refractivity contribution in [1.82, 2.24) is 4.98 Å². The number of hydrogen-bond acceptors (Lipinski definition) is 3. The smallest absolute Gasteiger partial charge is 0.167 e. The Bertz CT molecular complexity index is 626. The average Bonchev–Trinajstić information content (AvgIpc) is 2.88. The van der Waals surface area contributed by atoms with Crippen LogP contribution in [0.25, 0.3) is 0 Å². The average molecular weight is 318 g/mol. The molecule has 4 heteroatoms. The third-order valence-corrected chi connectivity index (χ3v) is 3.64. The highest BCUT2D eigenvalue weighted by Gasteiger charge is 2.19. The molecule has 0 unspecified atom stereocenters. The maximum Gasteiger partial charge on any atom is 0.167 e. The Morgan fingerprint density at radius 3 is 2.89 bits per heavy atom. The van der Waals surface area contributed by atoms with Gasteiger partial charge in [-0.05, 0) is 29.8 Å². The van der Waals surface area contributed by atoms with Gasteiger partial charge in [0, 0.05) is 40.8 Å². The minimum atomic E-state index is 0.0817. The van der Waals surface area contributed by atoms with Gasteiger partial charge >= 0.3 is 0 Å². The summed E-state index contributed by atoms with van der Waals surface area (Å²) in [4.78, 5) is 16.1. The van der Waals surface area contributed by atoms with Crippen molar-refractivity contribution in [2.45, 2.75) is 12.8 Å². The quantitative estimate of drug-likeness (QED) is 0.816. The molecule has 1 aromatic heterocycles. The van der Waals surface area contributed by atoms with Gasteiger partial charge in [0.15, 0.2) is 5.78 Å². The van der Waals surface area contributed by atoms with Gasteiger partial charge in [-0.2, -0.15) is 0 Å². The highest BCUT2D eigenvalue weighted by atomic mass is 79.9. The van der Waals surface area contributed by atoms with Gasteiger partial charge in [0.25, 0.3) is 0 Å². The van der Waals surface area contributed by atoms with Crippen LogP contribution in [-0.2, 0) is 12.8 Å². The van der Waals surface area contributed by atoms with Crippen LogP contribution in [0.5, 0.6) is 5.75 Å². The summed E-state index contributed by atoms with van der Waals surface area (Å²) in [5.74, 6) is 0.962. The first-order valence-electron chi connectivity index (χ1n) is 6.11. The van der Waals surface area contributed by atoms with Gasteiger partial charge in [0.1, 0.15) is 5.75 Å². The highest BCUT2D eigenvalue weighted by molar-refractivity contribution is 9.10. The van der Waals surface area contributed by atoms with Crippen molar-refractivity contribution < 1.29 is 9.53 Å². The molecule has 0 atom stereocenters. The molecule has 0 amide bonds. The van der Waals surface area contributed by atoms with Crippen LogP contribution in [0.2, 0.25) is 0 Å². The number of benzene rings is 1. The van der Waals surface area contributed by atoms with Crippen molar-refractivity contribution in [2.75, 3.05) is 6.61 Å². The van der Waals surface area contributed by atoms with E-state index < -0.39 is 0 Å². The monoisotopic (exact) mass is 317 g/mol. The zero-order valence-electron chi connectivity index (χ0n) is 10.2. The zero-order chi connectivity index (χ0) is 13.2. The number of fused-ring (bicyclic) bond motifs is 1. The van der Waals surface area contributed by atoms with Crippen molar-refractivity contribution in [3.05, 3.63) is 57.8 Å². The van der Waals surface area contributed by atoms with E-state index in [9.17, 15) is 4.79 Å². The molecule has 0 fully saturated rings. The number of aromatic nitrogens is 1. The molecule has 0 bridgehead atoms. The third-order valence-electron chi connectivity index (χ3n) is 3.18. The summed E-state index contributed by atoms with van der Waals surface area (Å²) < 4.78 is 6.63. The van der Waals surface area contributed by atoms with Crippen LogP contribution in [0.3, 0.4) is 0 Å². The van der Waals surface area contributed by atoms with Crippen LogP contribution in [0, 0.1) is 0 Å². The fourth-order valence-electron chi connectivity index (χ4n) is 2.29. The lowest BCUT2D eigenvalue weighted by Crippen LogP contribution is -2.05. The summed E-state index contributed by atoms with van der Waals surface area (Å²) in [7, 11) is 0. The minimum absolute atomic E-state index is 0.0817. The van der Waals surface area contributed by atoms with E-state index in [2.05, 4.69) is 27.0 Å². The number of nitrogens with zero attached hydrogens (tertiary/aromatic N) is 1. The Balaban J connectivity index is 1.90. The van der Waals surface area contributed by atoms with Gasteiger partial charge < -0.3 is 4.74 Å². The van der Waals surface area contributed by atoms with Crippen LogP contribution < -0.4 is 4.74 Å². The van der Waals surface area contributed by atoms with Gasteiger partial charge in [0.05, 0.1) is 6.61 Å². The number of Topliss-reactive ketones (excluding diaryl/α,β-unsaturated/α-hetero) is 1. The van der Waals surface area contributed by atoms with E-state index in [-0.39, 0.29) is 5.78 Å². The standard InChI is InChI=1S/C15H12BrNO2/c16-13-7-11-3-6-19-15(11)12(8-13)9-14(18)10-1-4-17-5-2-10/h1-2,4-5,7-8H,3,6,9H2. The lowest BCUT2D eigenvalue weighted by Gasteiger charge is -2.08. The maximum absolute atomic E-state index is 12.2. The van der Waals surface area contributed by atoms with E-state index in [1.54, 1.807) is 24.5 Å². The van der Waals surface area contributed by atoms with Crippen LogP contribution in [0.1, 0.15) is 21.5 Å². The molecule has 0 N–H and O–H groups in total. The van der Waals surface area contributed by atoms with E-state index in [0.717, 1.165) is 22.2 Å². The number of carbonyl (C=O) groups is 1. The number of carbonyl (C=O) groups excluding carboxylic acids is 1. The Labute approximate surface area is 119 Å². The number of ether oxygens (including phenoxy) is 1. The zero-order valence-corrected chi connectivity index (χ0v) is 11.8. The molecule has 3 nitrogen and oxygen atoms in total. The van der Waals surface area contributed by atoms with Crippen LogP contribution in [0.4, 0.5) is 0 Å².